The summed E-state index contributed by atoms with van der Waals surface area (Å²) in [5, 5.41) is 2.64. The molecule has 6 aromatic carbocycles. The molecular weight excluding hydrogens is 496 g/mol. The maximum absolute atomic E-state index is 4.20. The minimum atomic E-state index is 1.11. The summed E-state index contributed by atoms with van der Waals surface area (Å²) in [5.74, 6) is 0. The van der Waals surface area contributed by atoms with E-state index in [0.29, 0.717) is 0 Å². The number of benzene rings is 6. The largest absolute Gasteiger partial charge is 0.310 e. The molecule has 0 N–H and O–H groups in total. The van der Waals surface area contributed by atoms with Crippen LogP contribution in [0.3, 0.4) is 0 Å². The van der Waals surface area contributed by atoms with Gasteiger partial charge in [-0.05, 0) is 104 Å². The number of rotatable bonds is 5. The monoisotopic (exact) mass is 522 g/mol. The fourth-order valence-electron chi connectivity index (χ4n) is 6.27. The second kappa shape index (κ2) is 9.62. The Morgan fingerprint density at radius 1 is 0.366 bits per heavy atom. The zero-order chi connectivity index (χ0) is 27.2. The van der Waals surface area contributed by atoms with Crippen molar-refractivity contribution in [2.45, 2.75) is 0 Å². The Morgan fingerprint density at radius 2 is 0.927 bits per heavy atom. The molecule has 0 bridgehead atoms. The molecule has 0 radical (unpaired) electrons. The van der Waals surface area contributed by atoms with Crippen molar-refractivity contribution < 1.29 is 0 Å². The molecule has 0 unspecified atom stereocenters. The molecule has 0 spiro atoms. The van der Waals surface area contributed by atoms with Crippen LogP contribution in [0.25, 0.3) is 55.3 Å². The Hall–Kier alpha value is -5.47. The first-order valence-electron chi connectivity index (χ1n) is 14.0. The Labute approximate surface area is 239 Å². The molecule has 2 nitrogen and oxygen atoms in total. The first-order valence-corrected chi connectivity index (χ1v) is 14.0. The molecule has 1 aromatic heterocycles. The predicted molar refractivity (Wildman–Crippen MR) is 172 cm³/mol. The van der Waals surface area contributed by atoms with E-state index in [1.54, 1.807) is 0 Å². The lowest BCUT2D eigenvalue weighted by Crippen LogP contribution is -2.10. The third-order valence-corrected chi connectivity index (χ3v) is 8.10. The predicted octanol–water partition coefficient (Wildman–Crippen LogP) is 10.7. The van der Waals surface area contributed by atoms with Crippen molar-refractivity contribution in [3.63, 3.8) is 0 Å². The molecule has 0 saturated carbocycles. The fourth-order valence-corrected chi connectivity index (χ4v) is 6.27. The number of nitrogens with zero attached hydrogens (tertiary/aromatic N) is 2. The van der Waals surface area contributed by atoms with Gasteiger partial charge in [0.25, 0.3) is 0 Å². The highest BCUT2D eigenvalue weighted by Gasteiger charge is 2.22. The smallest absolute Gasteiger partial charge is 0.0467 e. The summed E-state index contributed by atoms with van der Waals surface area (Å²) in [7, 11) is 0. The first-order chi connectivity index (χ1) is 20.3. The van der Waals surface area contributed by atoms with Crippen LogP contribution in [0.5, 0.6) is 0 Å². The number of pyridine rings is 1. The van der Waals surface area contributed by atoms with Crippen LogP contribution in [-0.2, 0) is 0 Å². The van der Waals surface area contributed by atoms with Gasteiger partial charge in [-0.15, -0.1) is 0 Å². The highest BCUT2D eigenvalue weighted by Crippen LogP contribution is 2.49. The van der Waals surface area contributed by atoms with Crippen LogP contribution >= 0.6 is 0 Å². The van der Waals surface area contributed by atoms with Crippen molar-refractivity contribution in [2.75, 3.05) is 4.90 Å². The molecule has 1 aliphatic carbocycles. The molecule has 0 amide bonds. The standard InChI is InChI=1S/C39H26N2/c1-2-11-30(12-3-1)41(31-13-6-9-28(25-31)27-21-23-40-24-22-27)32-14-7-10-29(26-32)33-19-20-38-35-16-5-4-15-34(35)37-18-8-17-36(33)39(37)38/h1-26H. The van der Waals surface area contributed by atoms with Crippen LogP contribution in [0.1, 0.15) is 0 Å². The molecule has 1 aliphatic rings. The second-order valence-electron chi connectivity index (χ2n) is 10.4. The third-order valence-electron chi connectivity index (χ3n) is 8.10. The maximum Gasteiger partial charge on any atom is 0.0467 e. The lowest BCUT2D eigenvalue weighted by Gasteiger charge is -2.26. The molecule has 8 rings (SSSR count). The van der Waals surface area contributed by atoms with Gasteiger partial charge in [0.05, 0.1) is 0 Å². The van der Waals surface area contributed by atoms with Crippen molar-refractivity contribution in [3.8, 4) is 44.5 Å². The Morgan fingerprint density at radius 3 is 1.68 bits per heavy atom. The quantitative estimate of drug-likeness (QED) is 0.223. The number of aromatic nitrogens is 1. The molecular formula is C39H26N2. The Bertz CT molecular complexity index is 2020. The van der Waals surface area contributed by atoms with Crippen LogP contribution in [0.15, 0.2) is 158 Å². The topological polar surface area (TPSA) is 16.1 Å². The lowest BCUT2D eigenvalue weighted by atomic mass is 9.94. The molecule has 7 aromatic rings. The Kier molecular flexibility index (Phi) is 5.49. The van der Waals surface area contributed by atoms with E-state index in [-0.39, 0.29) is 0 Å². The van der Waals surface area contributed by atoms with Crippen LogP contribution in [-0.4, -0.2) is 4.98 Å². The number of para-hydroxylation sites is 1. The van der Waals surface area contributed by atoms with E-state index in [2.05, 4.69) is 155 Å². The average Bonchev–Trinajstić information content (AvgIpc) is 3.38. The summed E-state index contributed by atoms with van der Waals surface area (Å²) in [6.07, 6.45) is 3.69. The van der Waals surface area contributed by atoms with Gasteiger partial charge in [-0.2, -0.15) is 0 Å². The van der Waals surface area contributed by atoms with Crippen LogP contribution < -0.4 is 4.90 Å². The van der Waals surface area contributed by atoms with E-state index in [9.17, 15) is 0 Å². The van der Waals surface area contributed by atoms with Gasteiger partial charge in [-0.1, -0.05) is 97.1 Å². The van der Waals surface area contributed by atoms with Crippen molar-refractivity contribution in [1.29, 1.82) is 0 Å². The van der Waals surface area contributed by atoms with E-state index in [4.69, 9.17) is 0 Å². The zero-order valence-corrected chi connectivity index (χ0v) is 22.4. The van der Waals surface area contributed by atoms with Crippen molar-refractivity contribution in [3.05, 3.63) is 158 Å². The maximum atomic E-state index is 4.20. The summed E-state index contributed by atoms with van der Waals surface area (Å²) >= 11 is 0. The molecule has 1 heterocycles. The number of fused-ring (bicyclic) bond motifs is 3. The van der Waals surface area contributed by atoms with E-state index < -0.39 is 0 Å². The van der Waals surface area contributed by atoms with Crippen molar-refractivity contribution in [2.24, 2.45) is 0 Å². The van der Waals surface area contributed by atoms with Crippen molar-refractivity contribution in [1.82, 2.24) is 4.98 Å². The van der Waals surface area contributed by atoms with Gasteiger partial charge in [0.15, 0.2) is 0 Å². The summed E-state index contributed by atoms with van der Waals surface area (Å²) < 4.78 is 0. The molecule has 192 valence electrons. The van der Waals surface area contributed by atoms with Crippen molar-refractivity contribution >= 4 is 27.8 Å². The molecule has 0 aliphatic heterocycles. The fraction of sp³-hybridized carbons (Fsp3) is 0. The number of hydrogen-bond donors (Lipinski definition) is 0. The normalized spacial score (nSPS) is 11.4. The molecule has 0 saturated heterocycles. The minimum absolute atomic E-state index is 1.11. The third kappa shape index (κ3) is 3.92. The van der Waals surface area contributed by atoms with Crippen LogP contribution in [0, 0.1) is 0 Å². The van der Waals surface area contributed by atoms with Crippen LogP contribution in [0.2, 0.25) is 0 Å². The summed E-state index contributed by atoms with van der Waals surface area (Å²) in [6.45, 7) is 0. The van der Waals surface area contributed by atoms with Gasteiger partial charge < -0.3 is 4.90 Å². The summed E-state index contributed by atoms with van der Waals surface area (Å²) in [4.78, 5) is 6.54. The Balaban J connectivity index is 1.28. The van der Waals surface area contributed by atoms with E-state index in [1.165, 1.54) is 44.2 Å². The van der Waals surface area contributed by atoms with Gasteiger partial charge in [0.1, 0.15) is 0 Å². The highest BCUT2D eigenvalue weighted by atomic mass is 15.1. The summed E-state index contributed by atoms with van der Waals surface area (Å²) in [5.41, 5.74) is 13.4. The number of hydrogen-bond acceptors (Lipinski definition) is 2. The molecule has 0 fully saturated rings. The van der Waals surface area contributed by atoms with Gasteiger partial charge in [-0.3, -0.25) is 4.98 Å². The van der Waals surface area contributed by atoms with Gasteiger partial charge in [0.2, 0.25) is 0 Å². The van der Waals surface area contributed by atoms with E-state index in [0.717, 1.165) is 28.2 Å². The lowest BCUT2D eigenvalue weighted by molar-refractivity contribution is 1.28. The SMILES string of the molecule is c1ccc(N(c2cccc(-c3ccncc3)c2)c2cccc(-c3ccc4c5c(cccc35)-c3ccccc3-4)c2)cc1. The van der Waals surface area contributed by atoms with Gasteiger partial charge >= 0.3 is 0 Å². The molecule has 0 atom stereocenters. The minimum Gasteiger partial charge on any atom is -0.310 e. The number of anilines is 3. The van der Waals surface area contributed by atoms with Gasteiger partial charge in [-0.25, -0.2) is 0 Å². The van der Waals surface area contributed by atoms with Gasteiger partial charge in [0, 0.05) is 29.5 Å². The first kappa shape index (κ1) is 23.4. The van der Waals surface area contributed by atoms with E-state index in [1.807, 2.05) is 12.4 Å². The van der Waals surface area contributed by atoms with Crippen LogP contribution in [0.4, 0.5) is 17.1 Å². The zero-order valence-electron chi connectivity index (χ0n) is 22.4. The average molecular weight is 523 g/mol. The second-order valence-corrected chi connectivity index (χ2v) is 10.4. The molecule has 2 heteroatoms. The summed E-state index contributed by atoms with van der Waals surface area (Å²) in [6, 6.07) is 52.4. The highest BCUT2D eigenvalue weighted by molar-refractivity contribution is 6.18. The van der Waals surface area contributed by atoms with E-state index >= 15 is 0 Å². The molecule has 41 heavy (non-hydrogen) atoms.